The van der Waals surface area contributed by atoms with Crippen LogP contribution in [-0.2, 0) is 19.1 Å². The average molecular weight is 230 g/mol. The third kappa shape index (κ3) is 3.99. The minimum atomic E-state index is -0.953. The van der Waals surface area contributed by atoms with Crippen LogP contribution in [0.25, 0.3) is 0 Å². The number of alkyl carbamates (subject to hydrolysis) is 1. The first-order valence-corrected chi connectivity index (χ1v) is 4.46. The molecular weight excluding hydrogens is 216 g/mol. The molecule has 0 aromatic carbocycles. The summed E-state index contributed by atoms with van der Waals surface area (Å²) in [5.74, 6) is -1.87. The van der Waals surface area contributed by atoms with Gasteiger partial charge in [-0.3, -0.25) is 10.1 Å². The van der Waals surface area contributed by atoms with E-state index in [1.54, 1.807) is 6.92 Å². The third-order valence-corrected chi connectivity index (χ3v) is 1.50. The number of nitrogens with one attached hydrogen (secondary N) is 1. The van der Waals surface area contributed by atoms with Crippen molar-refractivity contribution in [3.63, 3.8) is 0 Å². The van der Waals surface area contributed by atoms with Crippen molar-refractivity contribution < 1.29 is 23.9 Å². The molecule has 2 amide bonds. The number of imide groups is 1. The van der Waals surface area contributed by atoms with Gasteiger partial charge in [-0.1, -0.05) is 0 Å². The minimum Gasteiger partial charge on any atom is -0.465 e. The van der Waals surface area contributed by atoms with Crippen LogP contribution in [0.5, 0.6) is 0 Å². The molecular formula is C9H14N2O5. The van der Waals surface area contributed by atoms with Gasteiger partial charge in [0.25, 0.3) is 5.91 Å². The van der Waals surface area contributed by atoms with Gasteiger partial charge in [0, 0.05) is 5.70 Å². The molecule has 0 rings (SSSR count). The van der Waals surface area contributed by atoms with E-state index in [1.807, 2.05) is 5.32 Å². The van der Waals surface area contributed by atoms with Gasteiger partial charge in [-0.25, -0.2) is 9.59 Å². The second kappa shape index (κ2) is 6.44. The van der Waals surface area contributed by atoms with Crippen molar-refractivity contribution in [3.05, 3.63) is 11.3 Å². The Bertz CT molecular complexity index is 331. The van der Waals surface area contributed by atoms with Crippen molar-refractivity contribution in [1.29, 1.82) is 0 Å². The van der Waals surface area contributed by atoms with Crippen LogP contribution in [0.3, 0.4) is 0 Å². The molecule has 90 valence electrons. The SMILES string of the molecule is CCOC(=O)NC(=O)/C(C(=O)OC)=C(/C)N. The first-order chi connectivity index (χ1) is 7.43. The summed E-state index contributed by atoms with van der Waals surface area (Å²) < 4.78 is 8.82. The van der Waals surface area contributed by atoms with E-state index >= 15 is 0 Å². The Morgan fingerprint density at radius 3 is 2.25 bits per heavy atom. The standard InChI is InChI=1S/C9H14N2O5/c1-4-16-9(14)11-7(12)6(5(2)10)8(13)15-3/h4,10H2,1-3H3,(H,11,12,14)/b6-5+. The Balaban J connectivity index is 4.74. The van der Waals surface area contributed by atoms with Crippen molar-refractivity contribution in [2.45, 2.75) is 13.8 Å². The van der Waals surface area contributed by atoms with Gasteiger partial charge in [0.1, 0.15) is 5.57 Å². The highest BCUT2D eigenvalue weighted by Gasteiger charge is 2.23. The Hall–Kier alpha value is -2.05. The van der Waals surface area contributed by atoms with E-state index in [9.17, 15) is 14.4 Å². The van der Waals surface area contributed by atoms with Gasteiger partial charge in [-0.05, 0) is 13.8 Å². The molecule has 7 heteroatoms. The maximum atomic E-state index is 11.4. The van der Waals surface area contributed by atoms with E-state index in [4.69, 9.17) is 5.73 Å². The highest BCUT2D eigenvalue weighted by molar-refractivity contribution is 6.19. The first kappa shape index (κ1) is 13.9. The largest absolute Gasteiger partial charge is 0.465 e. The fraction of sp³-hybridized carbons (Fsp3) is 0.444. The number of hydrogen-bond donors (Lipinski definition) is 2. The van der Waals surface area contributed by atoms with Gasteiger partial charge in [0.05, 0.1) is 13.7 Å². The molecule has 0 atom stereocenters. The lowest BCUT2D eigenvalue weighted by molar-refractivity contribution is -0.138. The van der Waals surface area contributed by atoms with Gasteiger partial charge >= 0.3 is 12.1 Å². The van der Waals surface area contributed by atoms with E-state index in [1.165, 1.54) is 6.92 Å². The summed E-state index contributed by atoms with van der Waals surface area (Å²) in [4.78, 5) is 33.5. The number of carbonyl (C=O) groups is 3. The Kier molecular flexibility index (Phi) is 5.61. The predicted octanol–water partition coefficient (Wildman–Crippen LogP) is -0.335. The van der Waals surface area contributed by atoms with E-state index in [0.29, 0.717) is 0 Å². The molecule has 0 bridgehead atoms. The fourth-order valence-electron chi connectivity index (χ4n) is 0.857. The van der Waals surface area contributed by atoms with Gasteiger partial charge in [-0.15, -0.1) is 0 Å². The summed E-state index contributed by atoms with van der Waals surface area (Å²) in [7, 11) is 1.10. The number of esters is 1. The van der Waals surface area contributed by atoms with Crippen molar-refractivity contribution in [1.82, 2.24) is 5.32 Å². The van der Waals surface area contributed by atoms with E-state index < -0.39 is 23.5 Å². The molecule has 0 aromatic heterocycles. The molecule has 0 heterocycles. The molecule has 7 nitrogen and oxygen atoms in total. The van der Waals surface area contributed by atoms with Crippen LogP contribution in [0.2, 0.25) is 0 Å². The first-order valence-electron chi connectivity index (χ1n) is 4.46. The molecule has 16 heavy (non-hydrogen) atoms. The maximum absolute atomic E-state index is 11.4. The monoisotopic (exact) mass is 230 g/mol. The highest BCUT2D eigenvalue weighted by Crippen LogP contribution is 2.02. The maximum Gasteiger partial charge on any atom is 0.414 e. The Morgan fingerprint density at radius 1 is 1.31 bits per heavy atom. The number of ether oxygens (including phenoxy) is 2. The van der Waals surface area contributed by atoms with Crippen LogP contribution >= 0.6 is 0 Å². The zero-order valence-corrected chi connectivity index (χ0v) is 9.33. The number of allylic oxidation sites excluding steroid dienone is 1. The molecule has 0 spiro atoms. The van der Waals surface area contributed by atoms with Crippen molar-refractivity contribution >= 4 is 18.0 Å². The lowest BCUT2D eigenvalue weighted by atomic mass is 10.2. The van der Waals surface area contributed by atoms with Crippen LogP contribution in [-0.4, -0.2) is 31.7 Å². The van der Waals surface area contributed by atoms with Gasteiger partial charge in [-0.2, -0.15) is 0 Å². The summed E-state index contributed by atoms with van der Waals surface area (Å²) >= 11 is 0. The number of carbonyl (C=O) groups excluding carboxylic acids is 3. The summed E-state index contributed by atoms with van der Waals surface area (Å²) in [6.45, 7) is 3.03. The number of hydrogen-bond acceptors (Lipinski definition) is 6. The number of rotatable bonds is 3. The number of amides is 2. The smallest absolute Gasteiger partial charge is 0.414 e. The molecule has 0 radical (unpaired) electrons. The second-order valence-electron chi connectivity index (χ2n) is 2.72. The summed E-state index contributed by atoms with van der Waals surface area (Å²) in [5, 5.41) is 1.84. The van der Waals surface area contributed by atoms with Crippen molar-refractivity contribution in [3.8, 4) is 0 Å². The Labute approximate surface area is 92.6 Å². The van der Waals surface area contributed by atoms with Crippen LogP contribution in [0, 0.1) is 0 Å². The predicted molar refractivity (Wildman–Crippen MR) is 54.1 cm³/mol. The van der Waals surface area contributed by atoms with Gasteiger partial charge < -0.3 is 15.2 Å². The minimum absolute atomic E-state index is 0.0475. The third-order valence-electron chi connectivity index (χ3n) is 1.50. The van der Waals surface area contributed by atoms with Crippen LogP contribution in [0.15, 0.2) is 11.3 Å². The topological polar surface area (TPSA) is 108 Å². The summed E-state index contributed by atoms with van der Waals surface area (Å²) in [6, 6.07) is 0. The summed E-state index contributed by atoms with van der Waals surface area (Å²) in [6.07, 6.45) is -0.949. The highest BCUT2D eigenvalue weighted by atomic mass is 16.5. The molecule has 0 saturated carbocycles. The molecule has 0 aliphatic rings. The van der Waals surface area contributed by atoms with E-state index in [2.05, 4.69) is 9.47 Å². The average Bonchev–Trinajstić information content (AvgIpc) is 2.17. The molecule has 3 N–H and O–H groups in total. The quantitative estimate of drug-likeness (QED) is 0.297. The van der Waals surface area contributed by atoms with E-state index in [0.717, 1.165) is 7.11 Å². The van der Waals surface area contributed by atoms with Crippen molar-refractivity contribution in [2.75, 3.05) is 13.7 Å². The van der Waals surface area contributed by atoms with Gasteiger partial charge in [0.2, 0.25) is 0 Å². The van der Waals surface area contributed by atoms with Gasteiger partial charge in [0.15, 0.2) is 0 Å². The lowest BCUT2D eigenvalue weighted by Crippen LogP contribution is -2.36. The van der Waals surface area contributed by atoms with Crippen LogP contribution in [0.1, 0.15) is 13.8 Å². The molecule has 0 fully saturated rings. The summed E-state index contributed by atoms with van der Waals surface area (Å²) in [5.41, 5.74) is 4.86. The lowest BCUT2D eigenvalue weighted by Gasteiger charge is -2.07. The van der Waals surface area contributed by atoms with E-state index in [-0.39, 0.29) is 12.3 Å². The second-order valence-corrected chi connectivity index (χ2v) is 2.72. The number of methoxy groups -OCH3 is 1. The zero-order valence-electron chi connectivity index (χ0n) is 9.33. The molecule has 0 unspecified atom stereocenters. The van der Waals surface area contributed by atoms with Crippen LogP contribution < -0.4 is 11.1 Å². The zero-order chi connectivity index (χ0) is 12.7. The molecule has 0 saturated heterocycles. The van der Waals surface area contributed by atoms with Crippen LogP contribution in [0.4, 0.5) is 4.79 Å². The number of nitrogens with two attached hydrogens (primary N) is 1. The normalized spacial score (nSPS) is 11.2. The van der Waals surface area contributed by atoms with Crippen molar-refractivity contribution in [2.24, 2.45) is 5.73 Å². The molecule has 0 aliphatic heterocycles. The Morgan fingerprint density at radius 2 is 1.88 bits per heavy atom. The molecule has 0 aromatic rings. The fourth-order valence-corrected chi connectivity index (χ4v) is 0.857. The molecule has 0 aliphatic carbocycles.